The van der Waals surface area contributed by atoms with Crippen LogP contribution in [0.1, 0.15) is 42.6 Å². The molecule has 2 aliphatic heterocycles. The number of benzene rings is 2. The number of aliphatic hydroxyl groups is 1. The van der Waals surface area contributed by atoms with Gasteiger partial charge in [0.25, 0.3) is 0 Å². The van der Waals surface area contributed by atoms with Crippen LogP contribution < -0.4 is 0 Å². The van der Waals surface area contributed by atoms with Crippen LogP contribution in [0.3, 0.4) is 0 Å². The summed E-state index contributed by atoms with van der Waals surface area (Å²) in [4.78, 5) is 2.43. The second kappa shape index (κ2) is 7.89. The lowest BCUT2D eigenvalue weighted by atomic mass is 9.80. The van der Waals surface area contributed by atoms with E-state index in [9.17, 15) is 9.50 Å². The molecule has 7 heteroatoms. The van der Waals surface area contributed by atoms with Crippen molar-refractivity contribution in [3.05, 3.63) is 77.4 Å². The summed E-state index contributed by atoms with van der Waals surface area (Å²) in [6, 6.07) is 17.2. The first-order chi connectivity index (χ1) is 14.6. The van der Waals surface area contributed by atoms with E-state index in [0.29, 0.717) is 24.9 Å². The summed E-state index contributed by atoms with van der Waals surface area (Å²) in [7, 11) is 0. The monoisotopic (exact) mass is 407 g/mol. The zero-order chi connectivity index (χ0) is 20.6. The number of piperidine rings is 1. The largest absolute Gasteiger partial charge is 0.385 e. The Morgan fingerprint density at radius 3 is 2.53 bits per heavy atom. The molecule has 2 atom stereocenters. The smallest absolute Gasteiger partial charge is 0.165 e. The SMILES string of the molecule is OC1(c2cccc(F)c2)C[C@H]2CC[C@H](C1)N2Cc1nnnn1CCc1ccccc1. The Hall–Kier alpha value is -2.64. The molecule has 1 N–H and O–H groups in total. The van der Waals surface area contributed by atoms with Crippen molar-refractivity contribution in [2.75, 3.05) is 0 Å². The van der Waals surface area contributed by atoms with Crippen LogP contribution >= 0.6 is 0 Å². The van der Waals surface area contributed by atoms with E-state index in [4.69, 9.17) is 0 Å². The molecule has 0 radical (unpaired) electrons. The molecule has 5 rings (SSSR count). The van der Waals surface area contributed by atoms with Gasteiger partial charge in [0.15, 0.2) is 5.82 Å². The molecule has 2 aliphatic rings. The highest BCUT2D eigenvalue weighted by Crippen LogP contribution is 2.46. The summed E-state index contributed by atoms with van der Waals surface area (Å²) in [5, 5.41) is 23.7. The molecule has 2 bridgehead atoms. The van der Waals surface area contributed by atoms with Crippen LogP contribution in [0.5, 0.6) is 0 Å². The van der Waals surface area contributed by atoms with Gasteiger partial charge in [-0.1, -0.05) is 42.5 Å². The Bertz CT molecular complexity index is 994. The molecule has 0 unspecified atom stereocenters. The number of tetrazole rings is 1. The highest BCUT2D eigenvalue weighted by atomic mass is 19.1. The summed E-state index contributed by atoms with van der Waals surface area (Å²) < 4.78 is 15.6. The van der Waals surface area contributed by atoms with E-state index in [1.807, 2.05) is 28.9 Å². The number of fused-ring (bicyclic) bond motifs is 2. The summed E-state index contributed by atoms with van der Waals surface area (Å²) >= 11 is 0. The van der Waals surface area contributed by atoms with Crippen LogP contribution in [0.2, 0.25) is 0 Å². The van der Waals surface area contributed by atoms with Crippen molar-refractivity contribution in [2.45, 2.75) is 62.9 Å². The molecular weight excluding hydrogens is 381 g/mol. The van der Waals surface area contributed by atoms with Gasteiger partial charge in [0.1, 0.15) is 5.82 Å². The molecule has 3 aromatic rings. The maximum Gasteiger partial charge on any atom is 0.165 e. The highest BCUT2D eigenvalue weighted by Gasteiger charge is 2.48. The second-order valence-electron chi connectivity index (χ2n) is 8.56. The molecule has 156 valence electrons. The molecule has 2 saturated heterocycles. The van der Waals surface area contributed by atoms with Gasteiger partial charge in [-0.3, -0.25) is 4.90 Å². The number of aromatic nitrogens is 4. The zero-order valence-corrected chi connectivity index (χ0v) is 16.9. The zero-order valence-electron chi connectivity index (χ0n) is 16.9. The first-order valence-electron chi connectivity index (χ1n) is 10.6. The number of aryl methyl sites for hydroxylation is 2. The van der Waals surface area contributed by atoms with Crippen molar-refractivity contribution in [3.63, 3.8) is 0 Å². The summed E-state index contributed by atoms with van der Waals surface area (Å²) in [5.41, 5.74) is 0.979. The molecule has 0 saturated carbocycles. The Morgan fingerprint density at radius 2 is 1.80 bits per heavy atom. The Balaban J connectivity index is 1.28. The van der Waals surface area contributed by atoms with Gasteiger partial charge >= 0.3 is 0 Å². The Kier molecular flexibility index (Phi) is 5.08. The third kappa shape index (κ3) is 3.75. The number of rotatable bonds is 6. The molecule has 3 heterocycles. The van der Waals surface area contributed by atoms with Crippen LogP contribution in [0.25, 0.3) is 0 Å². The minimum absolute atomic E-state index is 0.247. The van der Waals surface area contributed by atoms with Crippen LogP contribution in [0.4, 0.5) is 4.39 Å². The minimum atomic E-state index is -0.969. The van der Waals surface area contributed by atoms with Gasteiger partial charge in [-0.05, 0) is 65.8 Å². The molecule has 1 aromatic heterocycles. The minimum Gasteiger partial charge on any atom is -0.385 e. The average molecular weight is 407 g/mol. The van der Waals surface area contributed by atoms with Gasteiger partial charge < -0.3 is 5.11 Å². The molecule has 2 aromatic carbocycles. The van der Waals surface area contributed by atoms with Crippen LogP contribution in [-0.2, 0) is 25.1 Å². The highest BCUT2D eigenvalue weighted by molar-refractivity contribution is 5.26. The number of hydrogen-bond donors (Lipinski definition) is 1. The van der Waals surface area contributed by atoms with Gasteiger partial charge in [0.05, 0.1) is 12.1 Å². The van der Waals surface area contributed by atoms with Gasteiger partial charge in [0, 0.05) is 18.6 Å². The van der Waals surface area contributed by atoms with E-state index in [2.05, 4.69) is 32.6 Å². The van der Waals surface area contributed by atoms with Crippen molar-refractivity contribution in [3.8, 4) is 0 Å². The molecule has 6 nitrogen and oxygen atoms in total. The topological polar surface area (TPSA) is 67.1 Å². The van der Waals surface area contributed by atoms with Gasteiger partial charge in [-0.2, -0.15) is 0 Å². The summed E-state index contributed by atoms with van der Waals surface area (Å²) in [6.45, 7) is 1.42. The van der Waals surface area contributed by atoms with Crippen molar-refractivity contribution < 1.29 is 9.50 Å². The first kappa shape index (κ1) is 19.3. The van der Waals surface area contributed by atoms with Crippen molar-refractivity contribution in [1.82, 2.24) is 25.1 Å². The Morgan fingerprint density at radius 1 is 1.03 bits per heavy atom. The predicted octanol–water partition coefficient (Wildman–Crippen LogP) is 3.07. The summed E-state index contributed by atoms with van der Waals surface area (Å²) in [5.74, 6) is 0.562. The maximum absolute atomic E-state index is 13.7. The third-order valence-corrected chi connectivity index (χ3v) is 6.66. The van der Waals surface area contributed by atoms with Gasteiger partial charge in [-0.15, -0.1) is 5.10 Å². The Labute approximate surface area is 175 Å². The molecule has 0 spiro atoms. The number of halogens is 1. The number of nitrogens with zero attached hydrogens (tertiary/aromatic N) is 5. The van der Waals surface area contributed by atoms with E-state index in [0.717, 1.165) is 31.6 Å². The molecule has 30 heavy (non-hydrogen) atoms. The molecule has 0 amide bonds. The molecular formula is C23H26FN5O. The summed E-state index contributed by atoms with van der Waals surface area (Å²) in [6.07, 6.45) is 4.17. The fraction of sp³-hybridized carbons (Fsp3) is 0.435. The lowest BCUT2D eigenvalue weighted by Gasteiger charge is -2.43. The van der Waals surface area contributed by atoms with E-state index in [-0.39, 0.29) is 17.9 Å². The second-order valence-corrected chi connectivity index (χ2v) is 8.56. The maximum atomic E-state index is 13.7. The van der Waals surface area contributed by atoms with E-state index >= 15 is 0 Å². The molecule has 0 aliphatic carbocycles. The van der Waals surface area contributed by atoms with Crippen LogP contribution in [0.15, 0.2) is 54.6 Å². The third-order valence-electron chi connectivity index (χ3n) is 6.66. The first-order valence-corrected chi connectivity index (χ1v) is 10.6. The average Bonchev–Trinajstić information content (AvgIpc) is 3.29. The van der Waals surface area contributed by atoms with E-state index in [1.165, 1.54) is 17.7 Å². The molecule has 2 fully saturated rings. The van der Waals surface area contributed by atoms with Gasteiger partial charge in [0.2, 0.25) is 0 Å². The number of hydrogen-bond acceptors (Lipinski definition) is 5. The normalized spacial score (nSPS) is 26.2. The quantitative estimate of drug-likeness (QED) is 0.680. The van der Waals surface area contributed by atoms with Gasteiger partial charge in [-0.25, -0.2) is 9.07 Å². The van der Waals surface area contributed by atoms with Crippen molar-refractivity contribution >= 4 is 0 Å². The fourth-order valence-corrected chi connectivity index (χ4v) is 5.14. The van der Waals surface area contributed by atoms with E-state index in [1.54, 1.807) is 6.07 Å². The predicted molar refractivity (Wildman–Crippen MR) is 110 cm³/mol. The lowest BCUT2D eigenvalue weighted by molar-refractivity contribution is -0.0606. The van der Waals surface area contributed by atoms with E-state index < -0.39 is 5.60 Å². The van der Waals surface area contributed by atoms with Crippen molar-refractivity contribution in [2.24, 2.45) is 0 Å². The van der Waals surface area contributed by atoms with Crippen molar-refractivity contribution in [1.29, 1.82) is 0 Å². The lowest BCUT2D eigenvalue weighted by Crippen LogP contribution is -2.49. The van der Waals surface area contributed by atoms with Crippen LogP contribution in [-0.4, -0.2) is 42.3 Å². The van der Waals surface area contributed by atoms with Crippen LogP contribution in [0, 0.1) is 5.82 Å². The fourth-order valence-electron chi connectivity index (χ4n) is 5.14. The standard InChI is InChI=1S/C23H26FN5O/c24-19-8-4-7-18(13-19)23(30)14-20-9-10-21(15-23)28(20)16-22-25-26-27-29(22)12-11-17-5-2-1-3-6-17/h1-8,13,20-21,30H,9-12,14-16H2/t20-,21-/m1/s1.